The topological polar surface area (TPSA) is 82.1 Å². The van der Waals surface area contributed by atoms with Crippen molar-refractivity contribution in [3.63, 3.8) is 0 Å². The Morgan fingerprint density at radius 3 is 2.20 bits per heavy atom. The Hall–Kier alpha value is -0.930. The maximum absolute atomic E-state index is 12.4. The van der Waals surface area contributed by atoms with E-state index in [1.54, 1.807) is 13.8 Å². The molecule has 1 spiro atoms. The van der Waals surface area contributed by atoms with Crippen LogP contribution in [0.15, 0.2) is 0 Å². The first-order chi connectivity index (χ1) is 11.8. The number of carbonyl (C=O) groups is 3. The minimum atomic E-state index is -1.44. The van der Waals surface area contributed by atoms with Crippen molar-refractivity contribution < 1.29 is 28.6 Å². The lowest BCUT2D eigenvalue weighted by Crippen LogP contribution is -2.52. The van der Waals surface area contributed by atoms with Crippen LogP contribution in [-0.2, 0) is 28.6 Å². The summed E-state index contributed by atoms with van der Waals surface area (Å²) in [7, 11) is 0. The van der Waals surface area contributed by atoms with Crippen molar-refractivity contribution in [2.75, 3.05) is 25.4 Å². The van der Waals surface area contributed by atoms with Gasteiger partial charge in [0.2, 0.25) is 0 Å². The van der Waals surface area contributed by atoms with Crippen LogP contribution in [0, 0.1) is 5.41 Å². The fourth-order valence-electron chi connectivity index (χ4n) is 2.73. The van der Waals surface area contributed by atoms with E-state index in [-0.39, 0.29) is 12.5 Å². The number of likely N-dealkylation sites (N-methyl/N-ethyl adjacent to an activating group) is 1. The van der Waals surface area contributed by atoms with Gasteiger partial charge in [0.05, 0.1) is 6.54 Å². The molecule has 1 unspecified atom stereocenters. The van der Waals surface area contributed by atoms with Gasteiger partial charge < -0.3 is 14.2 Å². The molecule has 0 saturated carbocycles. The predicted octanol–water partition coefficient (Wildman–Crippen LogP) is 2.20. The van der Waals surface area contributed by atoms with Gasteiger partial charge in [-0.2, -0.15) is 0 Å². The van der Waals surface area contributed by atoms with Crippen LogP contribution < -0.4 is 0 Å². The Kier molecular flexibility index (Phi) is 6.67. The molecular formula is C16H25NO6S2. The van der Waals surface area contributed by atoms with Gasteiger partial charge in [0.1, 0.15) is 0 Å². The summed E-state index contributed by atoms with van der Waals surface area (Å²) in [5, 5.41) is 0. The van der Waals surface area contributed by atoms with Crippen molar-refractivity contribution in [3.8, 4) is 0 Å². The molecule has 2 fully saturated rings. The van der Waals surface area contributed by atoms with E-state index in [4.69, 9.17) is 14.2 Å². The summed E-state index contributed by atoms with van der Waals surface area (Å²) in [6.07, 6.45) is 0.656. The van der Waals surface area contributed by atoms with Gasteiger partial charge in [-0.15, -0.1) is 0 Å². The molecule has 0 aromatic heterocycles. The molecule has 2 rings (SSSR count). The van der Waals surface area contributed by atoms with E-state index >= 15 is 0 Å². The molecule has 2 aliphatic heterocycles. The van der Waals surface area contributed by atoms with Crippen LogP contribution in [0.4, 0.5) is 0 Å². The van der Waals surface area contributed by atoms with Gasteiger partial charge in [-0.25, -0.2) is 0 Å². The maximum atomic E-state index is 12.4. The summed E-state index contributed by atoms with van der Waals surface area (Å²) in [4.78, 5) is 38.8. The SMILES string of the molecule is CCN(CC)CC(=O)OC1CSC2(OC(=O)C(CC)(CC)C(=O)O2)S1. The van der Waals surface area contributed by atoms with E-state index in [1.807, 2.05) is 18.7 Å². The van der Waals surface area contributed by atoms with Crippen LogP contribution in [-0.4, -0.2) is 58.1 Å². The molecule has 2 aliphatic rings. The highest BCUT2D eigenvalue weighted by Crippen LogP contribution is 2.54. The molecule has 9 heteroatoms. The number of thioether (sulfide) groups is 2. The predicted molar refractivity (Wildman–Crippen MR) is 95.6 cm³/mol. The minimum Gasteiger partial charge on any atom is -0.449 e. The van der Waals surface area contributed by atoms with E-state index in [1.165, 1.54) is 0 Å². The van der Waals surface area contributed by atoms with Crippen LogP contribution in [0.2, 0.25) is 0 Å². The van der Waals surface area contributed by atoms with Crippen LogP contribution in [0.1, 0.15) is 40.5 Å². The lowest BCUT2D eigenvalue weighted by molar-refractivity contribution is -0.215. The number of nitrogens with zero attached hydrogens (tertiary/aromatic N) is 1. The van der Waals surface area contributed by atoms with Crippen molar-refractivity contribution in [1.29, 1.82) is 0 Å². The molecular weight excluding hydrogens is 366 g/mol. The van der Waals surface area contributed by atoms with Gasteiger partial charge in [-0.3, -0.25) is 19.3 Å². The largest absolute Gasteiger partial charge is 0.449 e. The first-order valence-corrected chi connectivity index (χ1v) is 10.4. The lowest BCUT2D eigenvalue weighted by atomic mass is 9.82. The third-order valence-electron chi connectivity index (χ3n) is 4.61. The molecule has 142 valence electrons. The average molecular weight is 392 g/mol. The summed E-state index contributed by atoms with van der Waals surface area (Å²) in [6, 6.07) is 0. The third-order valence-corrected chi connectivity index (χ3v) is 7.43. The summed E-state index contributed by atoms with van der Waals surface area (Å²) in [5.41, 5.74) is -1.76. The number of ether oxygens (including phenoxy) is 3. The molecule has 0 N–H and O–H groups in total. The molecule has 7 nitrogen and oxygen atoms in total. The van der Waals surface area contributed by atoms with E-state index < -0.39 is 27.2 Å². The molecule has 0 amide bonds. The summed E-state index contributed by atoms with van der Waals surface area (Å²) in [5.74, 6) is -1.09. The zero-order valence-electron chi connectivity index (χ0n) is 15.0. The smallest absolute Gasteiger partial charge is 0.362 e. The molecule has 0 aromatic carbocycles. The number of hydrogen-bond donors (Lipinski definition) is 0. The highest BCUT2D eigenvalue weighted by Gasteiger charge is 2.61. The second-order valence-corrected chi connectivity index (χ2v) is 8.59. The first-order valence-electron chi connectivity index (χ1n) is 8.55. The first kappa shape index (κ1) is 20.4. The lowest BCUT2D eigenvalue weighted by Gasteiger charge is -2.39. The molecule has 25 heavy (non-hydrogen) atoms. The monoisotopic (exact) mass is 391 g/mol. The summed E-state index contributed by atoms with van der Waals surface area (Å²) in [6.45, 7) is 9.19. The zero-order chi connectivity index (χ0) is 18.7. The van der Waals surface area contributed by atoms with Gasteiger partial charge >= 0.3 is 22.4 Å². The molecule has 2 heterocycles. The summed E-state index contributed by atoms with van der Waals surface area (Å²) >= 11 is 2.21. The Balaban J connectivity index is 1.97. The van der Waals surface area contributed by atoms with Gasteiger partial charge in [0, 0.05) is 5.75 Å². The molecule has 0 bridgehead atoms. The van der Waals surface area contributed by atoms with Crippen molar-refractivity contribution >= 4 is 41.4 Å². The van der Waals surface area contributed by atoms with Crippen LogP contribution in [0.25, 0.3) is 0 Å². The second-order valence-electron chi connectivity index (χ2n) is 5.88. The minimum absolute atomic E-state index is 0.204. The number of esters is 3. The summed E-state index contributed by atoms with van der Waals surface area (Å²) < 4.78 is 14.9. The Labute approximate surface area is 156 Å². The Morgan fingerprint density at radius 1 is 1.16 bits per heavy atom. The average Bonchev–Trinajstić information content (AvgIpc) is 2.95. The van der Waals surface area contributed by atoms with Crippen molar-refractivity contribution in [2.24, 2.45) is 5.41 Å². The van der Waals surface area contributed by atoms with Crippen molar-refractivity contribution in [1.82, 2.24) is 4.90 Å². The number of carbonyl (C=O) groups excluding carboxylic acids is 3. The van der Waals surface area contributed by atoms with E-state index in [0.29, 0.717) is 18.6 Å². The molecule has 0 radical (unpaired) electrons. The van der Waals surface area contributed by atoms with Gasteiger partial charge in [-0.1, -0.05) is 39.5 Å². The molecule has 2 saturated heterocycles. The maximum Gasteiger partial charge on any atom is 0.362 e. The van der Waals surface area contributed by atoms with Gasteiger partial charge in [-0.05, 0) is 37.7 Å². The fourth-order valence-corrected chi connectivity index (χ4v) is 5.41. The van der Waals surface area contributed by atoms with Crippen molar-refractivity contribution in [3.05, 3.63) is 0 Å². The molecule has 0 aromatic rings. The standard InChI is InChI=1S/C16H25NO6S2/c1-5-15(6-2)13(19)22-16(23-14(15)20)24-10-12(25-16)21-11(18)9-17(7-3)8-4/h12H,5-10H2,1-4H3. The fraction of sp³-hybridized carbons (Fsp3) is 0.812. The van der Waals surface area contributed by atoms with E-state index in [2.05, 4.69) is 0 Å². The third kappa shape index (κ3) is 4.09. The van der Waals surface area contributed by atoms with E-state index in [9.17, 15) is 14.4 Å². The Morgan fingerprint density at radius 2 is 1.72 bits per heavy atom. The van der Waals surface area contributed by atoms with E-state index in [0.717, 1.165) is 36.6 Å². The normalized spacial score (nSPS) is 24.3. The Bertz CT molecular complexity index is 513. The molecule has 0 aliphatic carbocycles. The van der Waals surface area contributed by atoms with Crippen LogP contribution in [0.3, 0.4) is 0 Å². The van der Waals surface area contributed by atoms with Crippen LogP contribution >= 0.6 is 23.5 Å². The number of hydrogen-bond acceptors (Lipinski definition) is 9. The van der Waals surface area contributed by atoms with Crippen molar-refractivity contribution in [2.45, 2.75) is 50.4 Å². The highest BCUT2D eigenvalue weighted by atomic mass is 32.2. The van der Waals surface area contributed by atoms with Gasteiger partial charge in [0.15, 0.2) is 10.9 Å². The van der Waals surface area contributed by atoms with Gasteiger partial charge in [0.25, 0.3) is 0 Å². The molecule has 1 atom stereocenters. The highest BCUT2D eigenvalue weighted by molar-refractivity contribution is 8.21. The van der Waals surface area contributed by atoms with Crippen LogP contribution in [0.5, 0.6) is 0 Å². The second kappa shape index (κ2) is 8.18. The zero-order valence-corrected chi connectivity index (χ0v) is 16.7. The quantitative estimate of drug-likeness (QED) is 0.479. The number of rotatable bonds is 7.